The zero-order valence-corrected chi connectivity index (χ0v) is 16.5. The van der Waals surface area contributed by atoms with E-state index >= 15 is 0 Å². The summed E-state index contributed by atoms with van der Waals surface area (Å²) in [7, 11) is 0. The molecular formula is C21H30N2O3. The highest BCUT2D eigenvalue weighted by Gasteiger charge is 2.41. The highest BCUT2D eigenvalue weighted by Crippen LogP contribution is 2.32. The van der Waals surface area contributed by atoms with Crippen LogP contribution in [0.2, 0.25) is 0 Å². The maximum atomic E-state index is 13.3. The van der Waals surface area contributed by atoms with Gasteiger partial charge in [0.05, 0.1) is 6.54 Å². The third kappa shape index (κ3) is 4.02. The zero-order chi connectivity index (χ0) is 19.1. The molecule has 0 saturated carbocycles. The summed E-state index contributed by atoms with van der Waals surface area (Å²) in [5.41, 5.74) is 1.78. The van der Waals surface area contributed by atoms with E-state index in [1.165, 1.54) is 0 Å². The molecule has 5 heteroatoms. The summed E-state index contributed by atoms with van der Waals surface area (Å²) in [4.78, 5) is 29.6. The molecule has 26 heavy (non-hydrogen) atoms. The van der Waals surface area contributed by atoms with Crippen LogP contribution in [0.3, 0.4) is 0 Å². The molecule has 0 radical (unpaired) electrons. The molecule has 0 spiro atoms. The molecule has 0 unspecified atom stereocenters. The van der Waals surface area contributed by atoms with Gasteiger partial charge in [-0.2, -0.15) is 0 Å². The molecule has 2 aliphatic heterocycles. The number of hydrogen-bond acceptors (Lipinski definition) is 3. The average Bonchev–Trinajstić information content (AvgIpc) is 2.91. The number of ether oxygens (including phenoxy) is 1. The van der Waals surface area contributed by atoms with Crippen LogP contribution in [0.25, 0.3) is 0 Å². The summed E-state index contributed by atoms with van der Waals surface area (Å²) in [5, 5.41) is 0. The van der Waals surface area contributed by atoms with Crippen molar-refractivity contribution >= 4 is 12.0 Å². The quantitative estimate of drug-likeness (QED) is 0.771. The SMILES string of the molecule is CC1(C)CCN(C(=O)[C@@H]2Cc3ccccc3CN2C(=O)OC(C)(C)C)C1. The van der Waals surface area contributed by atoms with Crippen LogP contribution in [0.5, 0.6) is 0 Å². The molecule has 0 N–H and O–H groups in total. The Kier molecular flexibility index (Phi) is 4.76. The second-order valence-corrected chi connectivity index (χ2v) is 9.27. The molecule has 0 aromatic heterocycles. The molecule has 5 nitrogen and oxygen atoms in total. The molecule has 2 aliphatic rings. The smallest absolute Gasteiger partial charge is 0.411 e. The summed E-state index contributed by atoms with van der Waals surface area (Å²) < 4.78 is 5.59. The van der Waals surface area contributed by atoms with E-state index < -0.39 is 17.7 Å². The second-order valence-electron chi connectivity index (χ2n) is 9.27. The van der Waals surface area contributed by atoms with Crippen LogP contribution >= 0.6 is 0 Å². The maximum absolute atomic E-state index is 13.3. The minimum atomic E-state index is -0.586. The highest BCUT2D eigenvalue weighted by molar-refractivity contribution is 5.87. The summed E-state index contributed by atoms with van der Waals surface area (Å²) in [6.45, 7) is 11.8. The molecule has 1 aromatic carbocycles. The Morgan fingerprint density at radius 3 is 2.38 bits per heavy atom. The molecule has 0 aliphatic carbocycles. The lowest BCUT2D eigenvalue weighted by atomic mass is 9.92. The van der Waals surface area contributed by atoms with E-state index in [2.05, 4.69) is 19.9 Å². The van der Waals surface area contributed by atoms with Gasteiger partial charge in [0, 0.05) is 19.5 Å². The first-order chi connectivity index (χ1) is 12.1. The van der Waals surface area contributed by atoms with Crippen LogP contribution in [0.15, 0.2) is 24.3 Å². The van der Waals surface area contributed by atoms with Crippen molar-refractivity contribution in [2.24, 2.45) is 5.41 Å². The molecule has 2 amide bonds. The molecule has 1 atom stereocenters. The standard InChI is InChI=1S/C21H30N2O3/c1-20(2,3)26-19(25)23-13-16-9-7-6-8-15(16)12-17(23)18(24)22-11-10-21(4,5)14-22/h6-9,17H,10-14H2,1-5H3/t17-/m0/s1. The minimum Gasteiger partial charge on any atom is -0.444 e. The Morgan fingerprint density at radius 2 is 1.81 bits per heavy atom. The lowest BCUT2D eigenvalue weighted by molar-refractivity contribution is -0.136. The van der Waals surface area contributed by atoms with Gasteiger partial charge in [-0.15, -0.1) is 0 Å². The van der Waals surface area contributed by atoms with Gasteiger partial charge >= 0.3 is 6.09 Å². The fraction of sp³-hybridized carbons (Fsp3) is 0.619. The number of nitrogens with zero attached hydrogens (tertiary/aromatic N) is 2. The van der Waals surface area contributed by atoms with E-state index in [0.29, 0.717) is 13.0 Å². The van der Waals surface area contributed by atoms with Gasteiger partial charge in [-0.1, -0.05) is 38.1 Å². The first kappa shape index (κ1) is 18.7. The van der Waals surface area contributed by atoms with Gasteiger partial charge in [0.15, 0.2) is 0 Å². The number of rotatable bonds is 1. The second kappa shape index (κ2) is 6.60. The Balaban J connectivity index is 1.86. The molecule has 1 aromatic rings. The van der Waals surface area contributed by atoms with Crippen molar-refractivity contribution in [3.8, 4) is 0 Å². The molecule has 1 saturated heterocycles. The predicted octanol–water partition coefficient (Wildman–Crippen LogP) is 3.61. The van der Waals surface area contributed by atoms with E-state index in [1.54, 1.807) is 4.90 Å². The lowest BCUT2D eigenvalue weighted by Crippen LogP contribution is -2.54. The van der Waals surface area contributed by atoms with Crippen LogP contribution in [0.1, 0.15) is 52.2 Å². The van der Waals surface area contributed by atoms with E-state index in [0.717, 1.165) is 30.6 Å². The van der Waals surface area contributed by atoms with Crippen LogP contribution in [-0.4, -0.2) is 46.5 Å². The summed E-state index contributed by atoms with van der Waals surface area (Å²) in [6, 6.07) is 7.54. The molecule has 1 fully saturated rings. The molecule has 0 bridgehead atoms. The molecule has 3 rings (SSSR count). The van der Waals surface area contributed by atoms with Crippen molar-refractivity contribution < 1.29 is 14.3 Å². The van der Waals surface area contributed by atoms with Crippen molar-refractivity contribution in [1.82, 2.24) is 9.80 Å². The highest BCUT2D eigenvalue weighted by atomic mass is 16.6. The van der Waals surface area contributed by atoms with Crippen molar-refractivity contribution in [2.45, 2.75) is 65.6 Å². The zero-order valence-electron chi connectivity index (χ0n) is 16.5. The van der Waals surface area contributed by atoms with Gasteiger partial charge in [-0.05, 0) is 43.7 Å². The number of hydrogen-bond donors (Lipinski definition) is 0. The van der Waals surface area contributed by atoms with Crippen LogP contribution in [0.4, 0.5) is 4.79 Å². The minimum absolute atomic E-state index is 0.0379. The number of benzene rings is 1. The predicted molar refractivity (Wildman–Crippen MR) is 101 cm³/mol. The average molecular weight is 358 g/mol. The Hall–Kier alpha value is -2.04. The Bertz CT molecular complexity index is 705. The van der Waals surface area contributed by atoms with E-state index in [9.17, 15) is 9.59 Å². The van der Waals surface area contributed by atoms with E-state index in [-0.39, 0.29) is 11.3 Å². The number of likely N-dealkylation sites (tertiary alicyclic amines) is 1. The van der Waals surface area contributed by atoms with Gasteiger partial charge < -0.3 is 9.64 Å². The van der Waals surface area contributed by atoms with Crippen LogP contribution < -0.4 is 0 Å². The summed E-state index contributed by atoms with van der Waals surface area (Å²) >= 11 is 0. The number of carbonyl (C=O) groups excluding carboxylic acids is 2. The summed E-state index contributed by atoms with van der Waals surface area (Å²) in [6.07, 6.45) is 1.13. The monoisotopic (exact) mass is 358 g/mol. The summed E-state index contributed by atoms with van der Waals surface area (Å²) in [5.74, 6) is 0.0379. The molecule has 2 heterocycles. The Labute approximate surface area is 156 Å². The van der Waals surface area contributed by atoms with Crippen molar-refractivity contribution in [1.29, 1.82) is 0 Å². The van der Waals surface area contributed by atoms with Crippen molar-refractivity contribution in [3.63, 3.8) is 0 Å². The van der Waals surface area contributed by atoms with Crippen LogP contribution in [-0.2, 0) is 22.5 Å². The largest absolute Gasteiger partial charge is 0.444 e. The third-order valence-electron chi connectivity index (χ3n) is 5.15. The first-order valence-electron chi connectivity index (χ1n) is 9.41. The van der Waals surface area contributed by atoms with Crippen molar-refractivity contribution in [3.05, 3.63) is 35.4 Å². The number of amides is 2. The Morgan fingerprint density at radius 1 is 1.15 bits per heavy atom. The van der Waals surface area contributed by atoms with E-state index in [1.807, 2.05) is 43.9 Å². The van der Waals surface area contributed by atoms with Gasteiger partial charge in [-0.3, -0.25) is 9.69 Å². The van der Waals surface area contributed by atoms with Gasteiger partial charge in [0.1, 0.15) is 11.6 Å². The lowest BCUT2D eigenvalue weighted by Gasteiger charge is -2.38. The van der Waals surface area contributed by atoms with Gasteiger partial charge in [0.2, 0.25) is 5.91 Å². The normalized spacial score (nSPS) is 22.1. The maximum Gasteiger partial charge on any atom is 0.411 e. The molecular weight excluding hydrogens is 328 g/mol. The number of fused-ring (bicyclic) bond motifs is 1. The van der Waals surface area contributed by atoms with Crippen LogP contribution in [0, 0.1) is 5.41 Å². The fourth-order valence-electron chi connectivity index (χ4n) is 3.77. The van der Waals surface area contributed by atoms with Crippen molar-refractivity contribution in [2.75, 3.05) is 13.1 Å². The van der Waals surface area contributed by atoms with Gasteiger partial charge in [-0.25, -0.2) is 4.79 Å². The van der Waals surface area contributed by atoms with Gasteiger partial charge in [0.25, 0.3) is 0 Å². The first-order valence-corrected chi connectivity index (χ1v) is 9.41. The number of carbonyl (C=O) groups is 2. The third-order valence-corrected chi connectivity index (χ3v) is 5.15. The fourth-order valence-corrected chi connectivity index (χ4v) is 3.77. The topological polar surface area (TPSA) is 49.9 Å². The van der Waals surface area contributed by atoms with E-state index in [4.69, 9.17) is 4.74 Å². The molecule has 142 valence electrons.